The normalized spacial score (nSPS) is 12.2. The van der Waals surface area contributed by atoms with Crippen molar-refractivity contribution in [2.45, 2.75) is 19.9 Å². The van der Waals surface area contributed by atoms with Crippen LogP contribution in [0.5, 0.6) is 0 Å². The van der Waals surface area contributed by atoms with Gasteiger partial charge in [-0.25, -0.2) is 4.98 Å². The molecule has 1 aromatic heterocycles. The van der Waals surface area contributed by atoms with Crippen LogP contribution in [0.4, 0.5) is 5.82 Å². The van der Waals surface area contributed by atoms with E-state index in [1.165, 1.54) is 0 Å². The molecule has 4 nitrogen and oxygen atoms in total. The molecule has 1 unspecified atom stereocenters. The smallest absolute Gasteiger partial charge is 0.144 e. The maximum Gasteiger partial charge on any atom is 0.144 e. The van der Waals surface area contributed by atoms with Crippen LogP contribution in [0.25, 0.3) is 0 Å². The van der Waals surface area contributed by atoms with Crippen LogP contribution in [0.3, 0.4) is 0 Å². The summed E-state index contributed by atoms with van der Waals surface area (Å²) in [5, 5.41) is 12.2. The largest absolute Gasteiger partial charge is 0.365 e. The van der Waals surface area contributed by atoms with Crippen molar-refractivity contribution >= 4 is 5.82 Å². The Balaban J connectivity index is 2.80. The second kappa shape index (κ2) is 5.47. The Kier molecular flexibility index (Phi) is 4.27. The van der Waals surface area contributed by atoms with Crippen LogP contribution in [-0.2, 0) is 0 Å². The van der Waals surface area contributed by atoms with E-state index in [9.17, 15) is 0 Å². The molecule has 0 fully saturated rings. The predicted octanol–water partition coefficient (Wildman–Crippen LogP) is 1.62. The van der Waals surface area contributed by atoms with Gasteiger partial charge in [-0.2, -0.15) is 5.26 Å². The van der Waals surface area contributed by atoms with E-state index in [2.05, 4.69) is 28.2 Å². The summed E-state index contributed by atoms with van der Waals surface area (Å²) in [6.07, 6.45) is 0. The number of pyridine rings is 1. The van der Waals surface area contributed by atoms with Crippen LogP contribution in [0.15, 0.2) is 12.1 Å². The number of aryl methyl sites for hydroxylation is 1. The van der Waals surface area contributed by atoms with Gasteiger partial charge in [0.25, 0.3) is 0 Å². The van der Waals surface area contributed by atoms with Crippen molar-refractivity contribution in [1.82, 2.24) is 9.88 Å². The Morgan fingerprint density at radius 2 is 2.19 bits per heavy atom. The summed E-state index contributed by atoms with van der Waals surface area (Å²) in [4.78, 5) is 6.44. The molecule has 0 bridgehead atoms. The van der Waals surface area contributed by atoms with E-state index in [0.717, 1.165) is 12.2 Å². The fourth-order valence-corrected chi connectivity index (χ4v) is 1.58. The van der Waals surface area contributed by atoms with Crippen molar-refractivity contribution < 1.29 is 0 Å². The number of nitriles is 1. The summed E-state index contributed by atoms with van der Waals surface area (Å²) >= 11 is 0. The van der Waals surface area contributed by atoms with E-state index >= 15 is 0 Å². The molecule has 0 aliphatic carbocycles. The number of hydrogen-bond donors (Lipinski definition) is 1. The molecule has 0 saturated carbocycles. The summed E-state index contributed by atoms with van der Waals surface area (Å²) in [5.41, 5.74) is 1.51. The Hall–Kier alpha value is -1.60. The highest BCUT2D eigenvalue weighted by Gasteiger charge is 2.08. The Labute approximate surface area is 96.9 Å². The van der Waals surface area contributed by atoms with Gasteiger partial charge in [0.05, 0.1) is 5.56 Å². The van der Waals surface area contributed by atoms with Crippen molar-refractivity contribution in [2.75, 3.05) is 26.0 Å². The van der Waals surface area contributed by atoms with Gasteiger partial charge in [-0.1, -0.05) is 0 Å². The first-order valence-corrected chi connectivity index (χ1v) is 5.32. The molecule has 1 heterocycles. The standard InChI is InChI=1S/C12H18N4/c1-9-5-6-11(7-13)12(14-9)15-10(2)8-16(3)4/h5-6,10H,8H2,1-4H3,(H,14,15). The third-order valence-electron chi connectivity index (χ3n) is 2.18. The minimum absolute atomic E-state index is 0.261. The molecule has 0 aliphatic heterocycles. The second-order valence-electron chi connectivity index (χ2n) is 4.27. The molecule has 86 valence electrons. The van der Waals surface area contributed by atoms with Gasteiger partial charge >= 0.3 is 0 Å². The monoisotopic (exact) mass is 218 g/mol. The second-order valence-corrected chi connectivity index (χ2v) is 4.27. The Morgan fingerprint density at radius 3 is 2.75 bits per heavy atom. The number of likely N-dealkylation sites (N-methyl/N-ethyl adjacent to an activating group) is 1. The Morgan fingerprint density at radius 1 is 1.50 bits per heavy atom. The molecule has 0 saturated heterocycles. The molecule has 1 aromatic rings. The first-order valence-electron chi connectivity index (χ1n) is 5.32. The lowest BCUT2D eigenvalue weighted by atomic mass is 10.2. The highest BCUT2D eigenvalue weighted by Crippen LogP contribution is 2.13. The molecule has 16 heavy (non-hydrogen) atoms. The zero-order chi connectivity index (χ0) is 12.1. The number of nitrogens with zero attached hydrogens (tertiary/aromatic N) is 3. The number of rotatable bonds is 4. The van der Waals surface area contributed by atoms with Crippen LogP contribution in [0.1, 0.15) is 18.2 Å². The molecular formula is C12H18N4. The van der Waals surface area contributed by atoms with Crippen LogP contribution in [0, 0.1) is 18.3 Å². The fraction of sp³-hybridized carbons (Fsp3) is 0.500. The Bertz CT molecular complexity index is 392. The van der Waals surface area contributed by atoms with Crippen LogP contribution >= 0.6 is 0 Å². The highest BCUT2D eigenvalue weighted by atomic mass is 15.1. The van der Waals surface area contributed by atoms with E-state index in [1.54, 1.807) is 6.07 Å². The zero-order valence-corrected chi connectivity index (χ0v) is 10.3. The van der Waals surface area contributed by atoms with E-state index in [0.29, 0.717) is 11.4 Å². The molecule has 1 N–H and O–H groups in total. The molecule has 0 amide bonds. The number of aromatic nitrogens is 1. The topological polar surface area (TPSA) is 52.0 Å². The first kappa shape index (κ1) is 12.5. The average molecular weight is 218 g/mol. The lowest BCUT2D eigenvalue weighted by Crippen LogP contribution is -2.30. The van der Waals surface area contributed by atoms with Gasteiger partial charge in [-0.05, 0) is 40.1 Å². The van der Waals surface area contributed by atoms with Crippen molar-refractivity contribution in [3.8, 4) is 6.07 Å². The quantitative estimate of drug-likeness (QED) is 0.834. The SMILES string of the molecule is Cc1ccc(C#N)c(NC(C)CN(C)C)n1. The van der Waals surface area contributed by atoms with Crippen molar-refractivity contribution in [1.29, 1.82) is 5.26 Å². The van der Waals surface area contributed by atoms with E-state index in [-0.39, 0.29) is 6.04 Å². The lowest BCUT2D eigenvalue weighted by Gasteiger charge is -2.19. The molecular weight excluding hydrogens is 200 g/mol. The van der Waals surface area contributed by atoms with Gasteiger partial charge in [0.15, 0.2) is 0 Å². The van der Waals surface area contributed by atoms with Crippen molar-refractivity contribution in [3.63, 3.8) is 0 Å². The fourth-order valence-electron chi connectivity index (χ4n) is 1.58. The highest BCUT2D eigenvalue weighted by molar-refractivity contribution is 5.52. The summed E-state index contributed by atoms with van der Waals surface area (Å²) < 4.78 is 0. The molecule has 4 heteroatoms. The number of anilines is 1. The summed E-state index contributed by atoms with van der Waals surface area (Å²) in [6.45, 7) is 4.90. The van der Waals surface area contributed by atoms with Crippen molar-refractivity contribution in [3.05, 3.63) is 23.4 Å². The van der Waals surface area contributed by atoms with Crippen LogP contribution in [0.2, 0.25) is 0 Å². The summed E-state index contributed by atoms with van der Waals surface area (Å²) in [6, 6.07) is 6.05. The maximum absolute atomic E-state index is 8.96. The molecule has 0 aromatic carbocycles. The van der Waals surface area contributed by atoms with Gasteiger partial charge in [0, 0.05) is 18.3 Å². The maximum atomic E-state index is 8.96. The van der Waals surface area contributed by atoms with E-state index < -0.39 is 0 Å². The predicted molar refractivity (Wildman–Crippen MR) is 65.3 cm³/mol. The first-order chi connectivity index (χ1) is 7.52. The molecule has 0 spiro atoms. The molecule has 1 rings (SSSR count). The van der Waals surface area contributed by atoms with Gasteiger partial charge in [-0.15, -0.1) is 0 Å². The molecule has 0 radical (unpaired) electrons. The van der Waals surface area contributed by atoms with Gasteiger partial charge < -0.3 is 10.2 Å². The number of nitrogens with one attached hydrogen (secondary N) is 1. The van der Waals surface area contributed by atoms with Gasteiger partial charge in [-0.3, -0.25) is 0 Å². The van der Waals surface area contributed by atoms with Gasteiger partial charge in [0.2, 0.25) is 0 Å². The summed E-state index contributed by atoms with van der Waals surface area (Å²) in [7, 11) is 4.04. The van der Waals surface area contributed by atoms with Crippen molar-refractivity contribution in [2.24, 2.45) is 0 Å². The van der Waals surface area contributed by atoms with Gasteiger partial charge in [0.1, 0.15) is 11.9 Å². The third-order valence-corrected chi connectivity index (χ3v) is 2.18. The molecule has 1 atom stereocenters. The minimum atomic E-state index is 0.261. The lowest BCUT2D eigenvalue weighted by molar-refractivity contribution is 0.392. The summed E-state index contributed by atoms with van der Waals surface area (Å²) in [5.74, 6) is 0.678. The van der Waals surface area contributed by atoms with Crippen LogP contribution < -0.4 is 5.32 Å². The van der Waals surface area contributed by atoms with Crippen LogP contribution in [-0.4, -0.2) is 36.6 Å². The average Bonchev–Trinajstić information content (AvgIpc) is 2.16. The zero-order valence-electron chi connectivity index (χ0n) is 10.3. The number of hydrogen-bond acceptors (Lipinski definition) is 4. The minimum Gasteiger partial charge on any atom is -0.365 e. The van der Waals surface area contributed by atoms with E-state index in [4.69, 9.17) is 5.26 Å². The molecule has 0 aliphatic rings. The third kappa shape index (κ3) is 3.52. The van der Waals surface area contributed by atoms with E-state index in [1.807, 2.05) is 27.1 Å².